The zero-order valence-electron chi connectivity index (χ0n) is 11.6. The lowest BCUT2D eigenvalue weighted by molar-refractivity contribution is 0.668. The zero-order valence-corrected chi connectivity index (χ0v) is 13.2. The predicted octanol–water partition coefficient (Wildman–Crippen LogP) is 3.90. The summed E-state index contributed by atoms with van der Waals surface area (Å²) >= 11 is 3.59. The first kappa shape index (κ1) is 14.1. The lowest BCUT2D eigenvalue weighted by Crippen LogP contribution is -2.17. The maximum atomic E-state index is 8.99. The maximum absolute atomic E-state index is 8.99. The first-order chi connectivity index (χ1) is 10.2. The number of fused-ring (bicyclic) bond motifs is 1. The molecule has 3 nitrogen and oxygen atoms in total. The summed E-state index contributed by atoms with van der Waals surface area (Å²) in [7, 11) is 0. The molecule has 1 aliphatic rings. The molecule has 1 heterocycles. The molecular weight excluding hydrogens is 326 g/mol. The van der Waals surface area contributed by atoms with E-state index in [1.54, 1.807) is 0 Å². The topological polar surface area (TPSA) is 53.0 Å². The molecule has 2 aromatic rings. The molecule has 0 spiro atoms. The lowest BCUT2D eigenvalue weighted by Gasteiger charge is -2.21. The molecule has 1 unspecified atom stereocenters. The number of halogens is 1. The van der Waals surface area contributed by atoms with E-state index in [0.717, 1.165) is 23.1 Å². The Morgan fingerprint density at radius 1 is 1.24 bits per heavy atom. The van der Waals surface area contributed by atoms with Gasteiger partial charge in [-0.1, -0.05) is 18.2 Å². The smallest absolute Gasteiger partial charge is 0.0992 e. The highest BCUT2D eigenvalue weighted by atomic mass is 79.9. The lowest BCUT2D eigenvalue weighted by atomic mass is 9.98. The highest BCUT2D eigenvalue weighted by molar-refractivity contribution is 9.10. The number of nitriles is 1. The minimum absolute atomic E-state index is 0.466. The van der Waals surface area contributed by atoms with Crippen molar-refractivity contribution in [3.05, 3.63) is 58.1 Å². The van der Waals surface area contributed by atoms with E-state index in [0.29, 0.717) is 18.0 Å². The summed E-state index contributed by atoms with van der Waals surface area (Å²) in [6.45, 7) is 1.63. The van der Waals surface area contributed by atoms with Gasteiger partial charge in [-0.25, -0.2) is 0 Å². The minimum atomic E-state index is 0.466. The van der Waals surface area contributed by atoms with E-state index in [1.807, 2.05) is 18.2 Å². The first-order valence-corrected chi connectivity index (χ1v) is 7.80. The van der Waals surface area contributed by atoms with Crippen LogP contribution in [0.4, 0.5) is 11.4 Å². The average Bonchev–Trinajstić information content (AvgIpc) is 2.86. The van der Waals surface area contributed by atoms with Crippen molar-refractivity contribution in [2.45, 2.75) is 12.3 Å². The van der Waals surface area contributed by atoms with Gasteiger partial charge in [-0.15, -0.1) is 0 Å². The van der Waals surface area contributed by atoms with E-state index in [1.165, 1.54) is 11.3 Å². The number of rotatable bonds is 3. The van der Waals surface area contributed by atoms with Crippen molar-refractivity contribution in [1.29, 1.82) is 5.26 Å². The van der Waals surface area contributed by atoms with Gasteiger partial charge in [-0.2, -0.15) is 5.26 Å². The number of anilines is 2. The van der Waals surface area contributed by atoms with Gasteiger partial charge in [0.25, 0.3) is 0 Å². The Morgan fingerprint density at radius 2 is 2.05 bits per heavy atom. The van der Waals surface area contributed by atoms with Crippen molar-refractivity contribution in [3.8, 4) is 6.07 Å². The number of hydrogen-bond donors (Lipinski definition) is 1. The van der Waals surface area contributed by atoms with Crippen LogP contribution in [0.2, 0.25) is 0 Å². The summed E-state index contributed by atoms with van der Waals surface area (Å²) in [5, 5.41) is 8.99. The van der Waals surface area contributed by atoms with Gasteiger partial charge in [-0.3, -0.25) is 0 Å². The summed E-state index contributed by atoms with van der Waals surface area (Å²) in [6, 6.07) is 16.4. The standard InChI is InChI=1S/C17H16BrN3/c18-15-9-12(10-20)5-6-17(15)21-11-13(7-8-19)14-3-1-2-4-16(14)21/h1-6,9,13H,7-8,11,19H2. The van der Waals surface area contributed by atoms with Gasteiger partial charge in [-0.05, 0) is 58.7 Å². The molecule has 21 heavy (non-hydrogen) atoms. The summed E-state index contributed by atoms with van der Waals surface area (Å²) in [4.78, 5) is 2.31. The average molecular weight is 342 g/mol. The van der Waals surface area contributed by atoms with Crippen LogP contribution in [0.3, 0.4) is 0 Å². The third-order valence-corrected chi connectivity index (χ3v) is 4.59. The van der Waals surface area contributed by atoms with Crippen LogP contribution in [0.1, 0.15) is 23.5 Å². The van der Waals surface area contributed by atoms with Gasteiger partial charge in [0, 0.05) is 22.6 Å². The number of nitrogens with zero attached hydrogens (tertiary/aromatic N) is 2. The largest absolute Gasteiger partial charge is 0.340 e. The molecule has 0 saturated carbocycles. The number of benzene rings is 2. The second kappa shape index (κ2) is 5.88. The molecule has 2 aromatic carbocycles. The fourth-order valence-corrected chi connectivity index (χ4v) is 3.56. The zero-order chi connectivity index (χ0) is 14.8. The van der Waals surface area contributed by atoms with Crippen LogP contribution in [0, 0.1) is 11.3 Å². The SMILES string of the molecule is N#Cc1ccc(N2CC(CCN)c3ccccc32)c(Br)c1. The molecule has 0 bridgehead atoms. The Hall–Kier alpha value is -1.83. The van der Waals surface area contributed by atoms with E-state index in [2.05, 4.69) is 51.2 Å². The molecular formula is C17H16BrN3. The van der Waals surface area contributed by atoms with Crippen LogP contribution < -0.4 is 10.6 Å². The van der Waals surface area contributed by atoms with E-state index in [4.69, 9.17) is 11.0 Å². The predicted molar refractivity (Wildman–Crippen MR) is 88.7 cm³/mol. The summed E-state index contributed by atoms with van der Waals surface area (Å²) in [6.07, 6.45) is 0.988. The van der Waals surface area contributed by atoms with E-state index in [-0.39, 0.29) is 0 Å². The Morgan fingerprint density at radius 3 is 2.76 bits per heavy atom. The third-order valence-electron chi connectivity index (χ3n) is 3.95. The van der Waals surface area contributed by atoms with Gasteiger partial charge < -0.3 is 10.6 Å². The molecule has 0 saturated heterocycles. The third kappa shape index (κ3) is 2.55. The van der Waals surface area contributed by atoms with Crippen molar-refractivity contribution in [2.24, 2.45) is 5.73 Å². The van der Waals surface area contributed by atoms with Gasteiger partial charge in [0.2, 0.25) is 0 Å². The van der Waals surface area contributed by atoms with Gasteiger partial charge in [0.1, 0.15) is 0 Å². The molecule has 0 radical (unpaired) electrons. The van der Waals surface area contributed by atoms with Crippen LogP contribution >= 0.6 is 15.9 Å². The second-order valence-corrected chi connectivity index (χ2v) is 6.08. The first-order valence-electron chi connectivity index (χ1n) is 7.00. The van der Waals surface area contributed by atoms with E-state index in [9.17, 15) is 0 Å². The molecule has 0 aromatic heterocycles. The molecule has 1 aliphatic heterocycles. The van der Waals surface area contributed by atoms with Crippen molar-refractivity contribution in [3.63, 3.8) is 0 Å². The van der Waals surface area contributed by atoms with E-state index >= 15 is 0 Å². The van der Waals surface area contributed by atoms with Gasteiger partial charge >= 0.3 is 0 Å². The maximum Gasteiger partial charge on any atom is 0.0992 e. The Balaban J connectivity index is 2.03. The monoisotopic (exact) mass is 341 g/mol. The Bertz CT molecular complexity index is 705. The molecule has 0 fully saturated rings. The summed E-state index contributed by atoms with van der Waals surface area (Å²) < 4.78 is 0.949. The van der Waals surface area contributed by atoms with E-state index < -0.39 is 0 Å². The van der Waals surface area contributed by atoms with Crippen LogP contribution in [-0.4, -0.2) is 13.1 Å². The van der Waals surface area contributed by atoms with Crippen LogP contribution in [-0.2, 0) is 0 Å². The quantitative estimate of drug-likeness (QED) is 0.920. The molecule has 0 aliphatic carbocycles. The van der Waals surface area contributed by atoms with Crippen molar-refractivity contribution in [1.82, 2.24) is 0 Å². The fourth-order valence-electron chi connectivity index (χ4n) is 2.97. The van der Waals surface area contributed by atoms with Crippen molar-refractivity contribution < 1.29 is 0 Å². The molecule has 4 heteroatoms. The highest BCUT2D eigenvalue weighted by Crippen LogP contribution is 2.44. The summed E-state index contributed by atoms with van der Waals surface area (Å²) in [5.74, 6) is 0.466. The highest BCUT2D eigenvalue weighted by Gasteiger charge is 2.29. The molecule has 0 amide bonds. The van der Waals surface area contributed by atoms with Crippen LogP contribution in [0.5, 0.6) is 0 Å². The summed E-state index contributed by atoms with van der Waals surface area (Å²) in [5.41, 5.74) is 10.1. The molecule has 106 valence electrons. The number of hydrogen-bond acceptors (Lipinski definition) is 3. The molecule has 3 rings (SSSR count). The van der Waals surface area contributed by atoms with Gasteiger partial charge in [0.05, 0.1) is 17.3 Å². The van der Waals surface area contributed by atoms with Crippen molar-refractivity contribution in [2.75, 3.05) is 18.0 Å². The second-order valence-electron chi connectivity index (χ2n) is 5.22. The number of para-hydroxylation sites is 1. The number of nitrogens with two attached hydrogens (primary N) is 1. The van der Waals surface area contributed by atoms with Crippen LogP contribution in [0.25, 0.3) is 0 Å². The van der Waals surface area contributed by atoms with Crippen molar-refractivity contribution >= 4 is 27.3 Å². The van der Waals surface area contributed by atoms with Gasteiger partial charge in [0.15, 0.2) is 0 Å². The fraction of sp³-hybridized carbons (Fsp3) is 0.235. The van der Waals surface area contributed by atoms with Crippen LogP contribution in [0.15, 0.2) is 46.9 Å². The Kier molecular flexibility index (Phi) is 3.96. The Labute approximate surface area is 133 Å². The molecule has 2 N–H and O–H groups in total. The minimum Gasteiger partial charge on any atom is -0.340 e. The normalized spacial score (nSPS) is 16.6. The molecule has 1 atom stereocenters.